The molecule has 3 N–H and O–H groups in total. The zero-order valence-corrected chi connectivity index (χ0v) is 12.2. The molecule has 4 nitrogen and oxygen atoms in total. The zero-order chi connectivity index (χ0) is 15.2. The number of nitrogens with two attached hydrogens (primary N) is 1. The lowest BCUT2D eigenvalue weighted by molar-refractivity contribution is -0.111. The van der Waals surface area contributed by atoms with E-state index in [0.29, 0.717) is 5.69 Å². The Bertz CT molecular complexity index is 628. The average Bonchev–Trinajstić information content (AvgIpc) is 2.47. The second kappa shape index (κ2) is 6.61. The number of nitrogens with one attached hydrogen (secondary N) is 1. The Balaban J connectivity index is 1.96. The molecule has 108 valence electrons. The van der Waals surface area contributed by atoms with Gasteiger partial charge in [-0.15, -0.1) is 0 Å². The van der Waals surface area contributed by atoms with E-state index in [2.05, 4.69) is 5.32 Å². The molecular weight excluding hydrogens is 262 g/mol. The number of rotatable bonds is 4. The first-order valence-electron chi connectivity index (χ1n) is 6.66. The fourth-order valence-corrected chi connectivity index (χ4v) is 1.81. The summed E-state index contributed by atoms with van der Waals surface area (Å²) in [6, 6.07) is 15.0. The summed E-state index contributed by atoms with van der Waals surface area (Å²) in [5.41, 5.74) is 9.11. The number of benzene rings is 2. The molecule has 2 aromatic carbocycles. The maximum Gasteiger partial charge on any atom is 0.248 e. The summed E-state index contributed by atoms with van der Waals surface area (Å²) >= 11 is 0. The van der Waals surface area contributed by atoms with E-state index in [4.69, 9.17) is 5.73 Å². The van der Waals surface area contributed by atoms with Gasteiger partial charge in [0.15, 0.2) is 0 Å². The van der Waals surface area contributed by atoms with Crippen LogP contribution in [0.4, 0.5) is 17.1 Å². The van der Waals surface area contributed by atoms with E-state index >= 15 is 0 Å². The van der Waals surface area contributed by atoms with Crippen molar-refractivity contribution in [3.8, 4) is 0 Å². The maximum atomic E-state index is 11.8. The summed E-state index contributed by atoms with van der Waals surface area (Å²) in [4.78, 5) is 13.8. The normalized spacial score (nSPS) is 10.6. The van der Waals surface area contributed by atoms with Crippen molar-refractivity contribution in [1.82, 2.24) is 0 Å². The fourth-order valence-electron chi connectivity index (χ4n) is 1.81. The van der Waals surface area contributed by atoms with Crippen LogP contribution in [0.25, 0.3) is 6.08 Å². The molecule has 0 heterocycles. The first-order valence-corrected chi connectivity index (χ1v) is 6.66. The summed E-state index contributed by atoms with van der Waals surface area (Å²) < 4.78 is 0. The molecule has 2 rings (SSSR count). The largest absolute Gasteiger partial charge is 0.399 e. The molecule has 0 saturated heterocycles. The number of carbonyl (C=O) groups excluding carboxylic acids is 1. The second-order valence-electron chi connectivity index (χ2n) is 4.93. The number of nitrogen functional groups attached to an aromatic ring is 1. The summed E-state index contributed by atoms with van der Waals surface area (Å²) in [6.45, 7) is 0. The Labute approximate surface area is 124 Å². The number of hydrogen-bond donors (Lipinski definition) is 2. The number of hydrogen-bond acceptors (Lipinski definition) is 3. The summed E-state index contributed by atoms with van der Waals surface area (Å²) in [5, 5.41) is 2.82. The lowest BCUT2D eigenvalue weighted by Crippen LogP contribution is -2.10. The molecule has 0 spiro atoms. The van der Waals surface area contributed by atoms with Crippen LogP contribution in [-0.4, -0.2) is 20.0 Å². The Kier molecular flexibility index (Phi) is 4.61. The molecule has 21 heavy (non-hydrogen) atoms. The molecule has 0 aromatic heterocycles. The van der Waals surface area contributed by atoms with Crippen LogP contribution in [0.5, 0.6) is 0 Å². The van der Waals surface area contributed by atoms with E-state index in [-0.39, 0.29) is 5.91 Å². The summed E-state index contributed by atoms with van der Waals surface area (Å²) in [6.07, 6.45) is 3.26. The first-order chi connectivity index (χ1) is 10.0. The highest BCUT2D eigenvalue weighted by Crippen LogP contribution is 2.15. The fraction of sp³-hybridized carbons (Fsp3) is 0.118. The Morgan fingerprint density at radius 3 is 2.24 bits per heavy atom. The summed E-state index contributed by atoms with van der Waals surface area (Å²) in [5.74, 6) is -0.163. The van der Waals surface area contributed by atoms with Gasteiger partial charge in [0.25, 0.3) is 0 Å². The van der Waals surface area contributed by atoms with Crippen LogP contribution in [0, 0.1) is 0 Å². The van der Waals surface area contributed by atoms with Gasteiger partial charge in [0.2, 0.25) is 5.91 Å². The maximum absolute atomic E-state index is 11.8. The minimum Gasteiger partial charge on any atom is -0.399 e. The number of amides is 1. The van der Waals surface area contributed by atoms with Crippen LogP contribution >= 0.6 is 0 Å². The quantitative estimate of drug-likeness (QED) is 0.669. The van der Waals surface area contributed by atoms with E-state index < -0.39 is 0 Å². The lowest BCUT2D eigenvalue weighted by Gasteiger charge is -2.12. The van der Waals surface area contributed by atoms with Gasteiger partial charge < -0.3 is 16.0 Å². The van der Waals surface area contributed by atoms with Crippen molar-refractivity contribution in [1.29, 1.82) is 0 Å². The average molecular weight is 281 g/mol. The molecule has 0 radical (unpaired) electrons. The predicted octanol–water partition coefficient (Wildman–Crippen LogP) is 2.99. The smallest absolute Gasteiger partial charge is 0.248 e. The monoisotopic (exact) mass is 281 g/mol. The van der Waals surface area contributed by atoms with Gasteiger partial charge in [0.1, 0.15) is 0 Å². The third-order valence-corrected chi connectivity index (χ3v) is 3.01. The van der Waals surface area contributed by atoms with E-state index in [0.717, 1.165) is 16.9 Å². The van der Waals surface area contributed by atoms with Crippen molar-refractivity contribution in [3.05, 3.63) is 60.2 Å². The van der Waals surface area contributed by atoms with Crippen LogP contribution in [0.1, 0.15) is 5.56 Å². The van der Waals surface area contributed by atoms with Gasteiger partial charge in [0, 0.05) is 37.2 Å². The number of carbonyl (C=O) groups is 1. The first kappa shape index (κ1) is 14.7. The van der Waals surface area contributed by atoms with Gasteiger partial charge >= 0.3 is 0 Å². The molecule has 2 aromatic rings. The Morgan fingerprint density at radius 2 is 1.67 bits per heavy atom. The van der Waals surface area contributed by atoms with Crippen LogP contribution in [0.2, 0.25) is 0 Å². The van der Waals surface area contributed by atoms with E-state index in [1.807, 2.05) is 55.4 Å². The van der Waals surface area contributed by atoms with Gasteiger partial charge in [0.05, 0.1) is 0 Å². The van der Waals surface area contributed by atoms with E-state index in [1.54, 1.807) is 18.2 Å². The van der Waals surface area contributed by atoms with Crippen LogP contribution in [-0.2, 0) is 4.79 Å². The van der Waals surface area contributed by atoms with Gasteiger partial charge in [-0.2, -0.15) is 0 Å². The highest BCUT2D eigenvalue weighted by molar-refractivity contribution is 6.02. The molecule has 4 heteroatoms. The number of nitrogens with zero attached hydrogens (tertiary/aromatic N) is 1. The molecule has 0 aliphatic carbocycles. The van der Waals surface area contributed by atoms with Crippen molar-refractivity contribution in [2.75, 3.05) is 30.0 Å². The van der Waals surface area contributed by atoms with E-state index in [9.17, 15) is 4.79 Å². The van der Waals surface area contributed by atoms with Crippen molar-refractivity contribution < 1.29 is 4.79 Å². The summed E-state index contributed by atoms with van der Waals surface area (Å²) in [7, 11) is 3.95. The molecular formula is C17H19N3O. The third kappa shape index (κ3) is 4.38. The van der Waals surface area contributed by atoms with Crippen LogP contribution < -0.4 is 16.0 Å². The van der Waals surface area contributed by atoms with Crippen molar-refractivity contribution >= 4 is 29.0 Å². The highest BCUT2D eigenvalue weighted by atomic mass is 16.1. The lowest BCUT2D eigenvalue weighted by atomic mass is 10.2. The van der Waals surface area contributed by atoms with Gasteiger partial charge in [-0.05, 0) is 48.0 Å². The molecule has 0 fully saturated rings. The predicted molar refractivity (Wildman–Crippen MR) is 89.3 cm³/mol. The van der Waals surface area contributed by atoms with Gasteiger partial charge in [-0.3, -0.25) is 4.79 Å². The molecule has 0 atom stereocenters. The third-order valence-electron chi connectivity index (χ3n) is 3.01. The van der Waals surface area contributed by atoms with Crippen LogP contribution in [0.15, 0.2) is 54.6 Å². The van der Waals surface area contributed by atoms with Gasteiger partial charge in [-0.1, -0.05) is 12.1 Å². The highest BCUT2D eigenvalue weighted by Gasteiger charge is 1.99. The molecule has 0 bridgehead atoms. The van der Waals surface area contributed by atoms with E-state index in [1.165, 1.54) is 6.08 Å². The van der Waals surface area contributed by atoms with Crippen molar-refractivity contribution in [2.24, 2.45) is 0 Å². The molecule has 0 unspecified atom stereocenters. The minimum atomic E-state index is -0.163. The Morgan fingerprint density at radius 1 is 1.05 bits per heavy atom. The van der Waals surface area contributed by atoms with Crippen molar-refractivity contribution in [2.45, 2.75) is 0 Å². The molecule has 0 saturated carbocycles. The molecule has 1 amide bonds. The van der Waals surface area contributed by atoms with Crippen molar-refractivity contribution in [3.63, 3.8) is 0 Å². The van der Waals surface area contributed by atoms with Crippen LogP contribution in [0.3, 0.4) is 0 Å². The molecule has 0 aliphatic heterocycles. The standard InChI is InChI=1S/C17H19N3O/c1-20(2)16-10-8-15(9-11-16)19-17(21)12-5-13-3-6-14(18)7-4-13/h3-12H,18H2,1-2H3,(H,19,21)/b12-5+. The minimum absolute atomic E-state index is 0.163. The zero-order valence-electron chi connectivity index (χ0n) is 12.2. The topological polar surface area (TPSA) is 58.4 Å². The number of anilines is 3. The second-order valence-corrected chi connectivity index (χ2v) is 4.93. The molecule has 0 aliphatic rings. The SMILES string of the molecule is CN(C)c1ccc(NC(=O)/C=C/c2ccc(N)cc2)cc1. The van der Waals surface area contributed by atoms with Gasteiger partial charge in [-0.25, -0.2) is 0 Å². The Hall–Kier alpha value is -2.75.